The van der Waals surface area contributed by atoms with Gasteiger partial charge in [0.15, 0.2) is 0 Å². The van der Waals surface area contributed by atoms with E-state index in [1.807, 2.05) is 13.8 Å². The minimum absolute atomic E-state index is 0.677. The monoisotopic (exact) mass is 428 g/mol. The summed E-state index contributed by atoms with van der Waals surface area (Å²) in [7, 11) is 0. The second kappa shape index (κ2) is 11.6. The van der Waals surface area contributed by atoms with Gasteiger partial charge in [0.05, 0.1) is 0 Å². The topological polar surface area (TPSA) is 0 Å². The zero-order valence-corrected chi connectivity index (χ0v) is 22.4. The van der Waals surface area contributed by atoms with E-state index in [9.17, 15) is 0 Å². The Bertz CT molecular complexity index is 543. The number of fused-ring (bicyclic) bond motifs is 5. The number of hydrogen-bond acceptors (Lipinski definition) is 0. The van der Waals surface area contributed by atoms with E-state index in [1.54, 1.807) is 51.4 Å². The average molecular weight is 429 g/mol. The van der Waals surface area contributed by atoms with Crippen molar-refractivity contribution >= 4 is 0 Å². The van der Waals surface area contributed by atoms with Crippen LogP contribution >= 0.6 is 0 Å². The standard InChI is InChI=1S/C27H48.C2H6.C2H2/c1-19(2)9-8-10-20(3)23-14-15-24-22-13-12-21-11-6-7-17-26(21,4)25(22)16-18-27(23,24)5;2*1-2/h19-25H,6-18H2,1-5H3;1-2H3;1-2H/t20?,21?,22?,23?,24?,25?,26-,27+;;/m0../s1. The smallest absolute Gasteiger partial charge is 0.0264 e. The summed E-state index contributed by atoms with van der Waals surface area (Å²) in [5.41, 5.74) is 1.39. The first kappa shape index (κ1) is 26.8. The SMILES string of the molecule is C#C.CC.CC(C)CCCC(C)C1CCC2C3CCC4CCCC[C@]4(C)C3CC[C@]12C. The van der Waals surface area contributed by atoms with E-state index in [0.29, 0.717) is 10.8 Å². The summed E-state index contributed by atoms with van der Waals surface area (Å²) in [4.78, 5) is 0. The highest BCUT2D eigenvalue weighted by molar-refractivity contribution is 5.09. The molecule has 0 aromatic carbocycles. The molecule has 0 heteroatoms. The van der Waals surface area contributed by atoms with Gasteiger partial charge in [-0.15, -0.1) is 12.8 Å². The summed E-state index contributed by atoms with van der Waals surface area (Å²) >= 11 is 0. The zero-order valence-electron chi connectivity index (χ0n) is 22.4. The van der Waals surface area contributed by atoms with Gasteiger partial charge in [-0.1, -0.05) is 80.6 Å². The molecule has 31 heavy (non-hydrogen) atoms. The maximum absolute atomic E-state index is 4.00. The Hall–Kier alpha value is -0.440. The fourth-order valence-electron chi connectivity index (χ4n) is 9.32. The lowest BCUT2D eigenvalue weighted by Crippen LogP contribution is -2.53. The van der Waals surface area contributed by atoms with Crippen LogP contribution in [0, 0.1) is 65.1 Å². The number of terminal acetylenes is 1. The van der Waals surface area contributed by atoms with Crippen LogP contribution in [0.4, 0.5) is 0 Å². The highest BCUT2D eigenvalue weighted by Gasteiger charge is 2.59. The largest absolute Gasteiger partial charge is 0.124 e. The molecule has 0 N–H and O–H groups in total. The van der Waals surface area contributed by atoms with Crippen LogP contribution in [0.25, 0.3) is 0 Å². The first-order valence-corrected chi connectivity index (χ1v) is 14.2. The molecule has 0 aromatic heterocycles. The quantitative estimate of drug-likeness (QED) is 0.382. The van der Waals surface area contributed by atoms with E-state index in [0.717, 1.165) is 41.4 Å². The highest BCUT2D eigenvalue weighted by Crippen LogP contribution is 2.68. The molecule has 0 radical (unpaired) electrons. The molecule has 4 aliphatic carbocycles. The normalized spacial score (nSPS) is 42.1. The van der Waals surface area contributed by atoms with Crippen LogP contribution in [0.5, 0.6) is 0 Å². The summed E-state index contributed by atoms with van der Waals surface area (Å²) in [6.45, 7) is 16.9. The van der Waals surface area contributed by atoms with Crippen molar-refractivity contribution < 1.29 is 0 Å². The van der Waals surface area contributed by atoms with Crippen molar-refractivity contribution in [3.63, 3.8) is 0 Å². The van der Waals surface area contributed by atoms with Crippen LogP contribution in [-0.4, -0.2) is 0 Å². The molecule has 8 atom stereocenters. The molecule has 4 fully saturated rings. The van der Waals surface area contributed by atoms with Gasteiger partial charge in [-0.05, 0) is 104 Å². The first-order valence-electron chi connectivity index (χ1n) is 14.2. The van der Waals surface area contributed by atoms with Crippen LogP contribution < -0.4 is 0 Å². The molecule has 0 heterocycles. The van der Waals surface area contributed by atoms with Gasteiger partial charge in [-0.25, -0.2) is 0 Å². The fraction of sp³-hybridized carbons (Fsp3) is 0.935. The molecule has 0 saturated heterocycles. The van der Waals surface area contributed by atoms with Gasteiger partial charge < -0.3 is 0 Å². The molecule has 0 spiro atoms. The predicted molar refractivity (Wildman–Crippen MR) is 139 cm³/mol. The van der Waals surface area contributed by atoms with E-state index in [1.165, 1.54) is 32.1 Å². The van der Waals surface area contributed by atoms with E-state index < -0.39 is 0 Å². The Morgan fingerprint density at radius 2 is 1.42 bits per heavy atom. The Morgan fingerprint density at radius 3 is 2.10 bits per heavy atom. The molecular formula is C31H56. The molecule has 0 amide bonds. The molecule has 0 aromatic rings. The lowest BCUT2D eigenvalue weighted by Gasteiger charge is -2.61. The summed E-state index contributed by atoms with van der Waals surface area (Å²) in [6.07, 6.45) is 27.9. The maximum Gasteiger partial charge on any atom is -0.0264 e. The molecule has 4 rings (SSSR count). The van der Waals surface area contributed by atoms with Crippen LogP contribution in [0.3, 0.4) is 0 Å². The number of rotatable bonds is 5. The van der Waals surface area contributed by atoms with Crippen LogP contribution in [0.2, 0.25) is 0 Å². The third-order valence-electron chi connectivity index (χ3n) is 10.8. The molecular weight excluding hydrogens is 372 g/mol. The molecule has 0 bridgehead atoms. The second-order valence-electron chi connectivity index (χ2n) is 12.4. The number of hydrogen-bond donors (Lipinski definition) is 0. The molecule has 0 aliphatic heterocycles. The minimum atomic E-state index is 0.677. The lowest BCUT2D eigenvalue weighted by atomic mass is 9.44. The van der Waals surface area contributed by atoms with Crippen molar-refractivity contribution in [3.05, 3.63) is 0 Å². The van der Waals surface area contributed by atoms with Gasteiger partial charge in [0, 0.05) is 0 Å². The Labute approximate surface area is 197 Å². The van der Waals surface area contributed by atoms with E-state index in [2.05, 4.69) is 47.5 Å². The van der Waals surface area contributed by atoms with E-state index in [4.69, 9.17) is 0 Å². The van der Waals surface area contributed by atoms with E-state index >= 15 is 0 Å². The molecule has 0 nitrogen and oxygen atoms in total. The van der Waals surface area contributed by atoms with Crippen molar-refractivity contribution in [2.24, 2.45) is 52.3 Å². The summed E-state index contributed by atoms with van der Waals surface area (Å²) in [6, 6.07) is 0. The molecule has 4 aliphatic rings. The Balaban J connectivity index is 0.000000807. The summed E-state index contributed by atoms with van der Waals surface area (Å²) < 4.78 is 0. The Kier molecular flexibility index (Phi) is 10.0. The van der Waals surface area contributed by atoms with Crippen LogP contribution in [0.1, 0.15) is 132 Å². The zero-order chi connectivity index (χ0) is 23.2. The van der Waals surface area contributed by atoms with E-state index in [-0.39, 0.29) is 0 Å². The van der Waals surface area contributed by atoms with Crippen molar-refractivity contribution in [2.45, 2.75) is 132 Å². The molecule has 180 valence electrons. The third kappa shape index (κ3) is 5.22. The maximum atomic E-state index is 4.00. The van der Waals surface area contributed by atoms with Crippen molar-refractivity contribution in [1.29, 1.82) is 0 Å². The van der Waals surface area contributed by atoms with Gasteiger partial charge in [0.2, 0.25) is 0 Å². The van der Waals surface area contributed by atoms with Crippen LogP contribution in [0.15, 0.2) is 0 Å². The molecule has 4 saturated carbocycles. The highest BCUT2D eigenvalue weighted by atomic mass is 14.6. The molecule has 6 unspecified atom stereocenters. The lowest BCUT2D eigenvalue weighted by molar-refractivity contribution is -0.114. The minimum Gasteiger partial charge on any atom is -0.124 e. The Morgan fingerprint density at radius 1 is 0.742 bits per heavy atom. The van der Waals surface area contributed by atoms with Gasteiger partial charge in [-0.2, -0.15) is 0 Å². The van der Waals surface area contributed by atoms with Gasteiger partial charge in [0.25, 0.3) is 0 Å². The summed E-state index contributed by atoms with van der Waals surface area (Å²) in [5.74, 6) is 7.15. The predicted octanol–water partition coefficient (Wildman–Crippen LogP) is 9.77. The first-order chi connectivity index (χ1) is 14.9. The van der Waals surface area contributed by atoms with Crippen molar-refractivity contribution in [1.82, 2.24) is 0 Å². The second-order valence-corrected chi connectivity index (χ2v) is 12.4. The van der Waals surface area contributed by atoms with Crippen LogP contribution in [-0.2, 0) is 0 Å². The average Bonchev–Trinajstić information content (AvgIpc) is 3.13. The third-order valence-corrected chi connectivity index (χ3v) is 10.8. The fourth-order valence-corrected chi connectivity index (χ4v) is 9.32. The summed E-state index contributed by atoms with van der Waals surface area (Å²) in [5, 5.41) is 0. The van der Waals surface area contributed by atoms with Crippen molar-refractivity contribution in [2.75, 3.05) is 0 Å². The van der Waals surface area contributed by atoms with Gasteiger partial charge >= 0.3 is 0 Å². The van der Waals surface area contributed by atoms with Gasteiger partial charge in [0.1, 0.15) is 0 Å². The van der Waals surface area contributed by atoms with Gasteiger partial charge in [-0.3, -0.25) is 0 Å². The van der Waals surface area contributed by atoms with Crippen molar-refractivity contribution in [3.8, 4) is 12.8 Å².